The van der Waals surface area contributed by atoms with Gasteiger partial charge < -0.3 is 9.80 Å². The third-order valence-electron chi connectivity index (χ3n) is 14.5. The zero-order valence-corrected chi connectivity index (χ0v) is 38.3. The fraction of sp³-hybridized carbons (Fsp3) is 0.167. The summed E-state index contributed by atoms with van der Waals surface area (Å²) in [7, 11) is 0. The molecule has 0 fully saturated rings. The topological polar surface area (TPSA) is 6.48 Å². The van der Waals surface area contributed by atoms with E-state index in [-0.39, 0.29) is 5.41 Å². The van der Waals surface area contributed by atoms with E-state index in [2.05, 4.69) is 201 Å². The third-order valence-corrected chi connectivity index (χ3v) is 16.9. The molecular formula is C60H48N2S2. The zero-order valence-electron chi connectivity index (χ0n) is 36.7. The van der Waals surface area contributed by atoms with Crippen molar-refractivity contribution in [2.75, 3.05) is 9.80 Å². The van der Waals surface area contributed by atoms with Gasteiger partial charge in [0.2, 0.25) is 0 Å². The van der Waals surface area contributed by atoms with Gasteiger partial charge in [-0.2, -0.15) is 0 Å². The van der Waals surface area contributed by atoms with Crippen LogP contribution in [0.15, 0.2) is 158 Å². The summed E-state index contributed by atoms with van der Waals surface area (Å²) < 4.78 is 4.00. The molecule has 0 amide bonds. The molecule has 2 aliphatic carbocycles. The highest BCUT2D eigenvalue weighted by molar-refractivity contribution is 7.26. The van der Waals surface area contributed by atoms with Gasteiger partial charge in [-0.1, -0.05) is 125 Å². The summed E-state index contributed by atoms with van der Waals surface area (Å²) >= 11 is 3.86. The Balaban J connectivity index is 1.17. The van der Waals surface area contributed by atoms with E-state index < -0.39 is 0 Å². The van der Waals surface area contributed by atoms with Gasteiger partial charge in [0.1, 0.15) is 0 Å². The van der Waals surface area contributed by atoms with Crippen LogP contribution in [-0.2, 0) is 18.3 Å². The molecule has 0 bridgehead atoms. The van der Waals surface area contributed by atoms with Crippen molar-refractivity contribution in [2.24, 2.45) is 0 Å². The van der Waals surface area contributed by atoms with Crippen molar-refractivity contribution in [2.45, 2.75) is 64.7 Å². The highest BCUT2D eigenvalue weighted by Crippen LogP contribution is 2.56. The van der Waals surface area contributed by atoms with E-state index in [9.17, 15) is 0 Å². The summed E-state index contributed by atoms with van der Waals surface area (Å²) in [5, 5.41) is 12.3. The third kappa shape index (κ3) is 5.55. The Hall–Kier alpha value is -6.46. The van der Waals surface area contributed by atoms with Gasteiger partial charge in [0.05, 0.1) is 32.1 Å². The molecule has 0 spiro atoms. The molecular weight excluding hydrogens is 813 g/mol. The van der Waals surface area contributed by atoms with E-state index in [0.717, 1.165) is 25.7 Å². The van der Waals surface area contributed by atoms with Gasteiger partial charge in [0.25, 0.3) is 0 Å². The van der Waals surface area contributed by atoms with Crippen LogP contribution >= 0.6 is 22.7 Å². The van der Waals surface area contributed by atoms with Crippen LogP contribution in [0.25, 0.3) is 68.7 Å². The lowest BCUT2D eigenvalue weighted by Crippen LogP contribution is -2.24. The lowest BCUT2D eigenvalue weighted by Gasteiger charge is -2.37. The lowest BCUT2D eigenvalue weighted by atomic mass is 9.70. The second-order valence-corrected chi connectivity index (χ2v) is 21.1. The molecule has 64 heavy (non-hydrogen) atoms. The molecule has 0 unspecified atom stereocenters. The van der Waals surface area contributed by atoms with Crippen LogP contribution in [0, 0.1) is 0 Å². The highest BCUT2D eigenvalue weighted by atomic mass is 32.1. The van der Waals surface area contributed by atoms with E-state index in [0.29, 0.717) is 5.92 Å². The van der Waals surface area contributed by atoms with Crippen molar-refractivity contribution < 1.29 is 0 Å². The van der Waals surface area contributed by atoms with Crippen LogP contribution in [0.1, 0.15) is 73.6 Å². The Bertz CT molecular complexity index is 3680. The molecule has 9 aromatic carbocycles. The average molecular weight is 861 g/mol. The van der Waals surface area contributed by atoms with Crippen molar-refractivity contribution in [1.82, 2.24) is 0 Å². The smallest absolute Gasteiger partial charge is 0.0640 e. The van der Waals surface area contributed by atoms with Gasteiger partial charge in [0.15, 0.2) is 0 Å². The average Bonchev–Trinajstić information content (AvgIpc) is 3.91. The highest BCUT2D eigenvalue weighted by Gasteiger charge is 2.34. The lowest BCUT2D eigenvalue weighted by molar-refractivity contribution is 0.475. The number of benzene rings is 9. The second kappa shape index (κ2) is 14.3. The van der Waals surface area contributed by atoms with Crippen LogP contribution in [0.3, 0.4) is 0 Å². The first-order chi connectivity index (χ1) is 31.3. The molecule has 2 nitrogen and oxygen atoms in total. The van der Waals surface area contributed by atoms with Gasteiger partial charge in [-0.25, -0.2) is 0 Å². The van der Waals surface area contributed by atoms with Crippen LogP contribution in [0.4, 0.5) is 34.1 Å². The number of allylic oxidation sites excluding steroid dienone is 1. The van der Waals surface area contributed by atoms with E-state index in [1.807, 2.05) is 22.7 Å². The Morgan fingerprint density at radius 1 is 0.516 bits per heavy atom. The Morgan fingerprint density at radius 3 is 1.89 bits per heavy atom. The fourth-order valence-electron chi connectivity index (χ4n) is 11.4. The number of anilines is 6. The van der Waals surface area contributed by atoms with Gasteiger partial charge in [-0.15, -0.1) is 22.7 Å². The summed E-state index contributed by atoms with van der Waals surface area (Å²) in [5.74, 6) is 0.307. The zero-order chi connectivity index (χ0) is 42.8. The number of aryl methyl sites for hydroxylation is 2. The summed E-state index contributed by atoms with van der Waals surface area (Å²) in [6, 6.07) is 57.7. The molecule has 310 valence electrons. The van der Waals surface area contributed by atoms with Crippen LogP contribution in [-0.4, -0.2) is 0 Å². The number of para-hydroxylation sites is 2. The van der Waals surface area contributed by atoms with Crippen molar-refractivity contribution in [3.8, 4) is 0 Å². The maximum absolute atomic E-state index is 2.62. The monoisotopic (exact) mass is 860 g/mol. The fourth-order valence-corrected chi connectivity index (χ4v) is 13.9. The summed E-state index contributed by atoms with van der Waals surface area (Å²) in [4.78, 5) is 6.59. The molecule has 2 heterocycles. The van der Waals surface area contributed by atoms with E-state index in [1.54, 1.807) is 0 Å². The molecule has 13 rings (SSSR count). The number of thiophene rings is 2. The molecule has 2 aromatic heterocycles. The van der Waals surface area contributed by atoms with Crippen LogP contribution in [0.2, 0.25) is 0 Å². The quantitative estimate of drug-likeness (QED) is 0.147. The second-order valence-electron chi connectivity index (χ2n) is 19.0. The Labute approximate surface area is 382 Å². The first kappa shape index (κ1) is 38.0. The maximum atomic E-state index is 2.62. The van der Waals surface area contributed by atoms with E-state index in [4.69, 9.17) is 0 Å². The van der Waals surface area contributed by atoms with Gasteiger partial charge in [-0.05, 0) is 148 Å². The van der Waals surface area contributed by atoms with Crippen molar-refractivity contribution in [3.63, 3.8) is 0 Å². The predicted octanol–water partition coefficient (Wildman–Crippen LogP) is 18.4. The number of nitrogens with zero attached hydrogens (tertiary/aromatic N) is 2. The molecule has 0 saturated carbocycles. The number of hydrogen-bond donors (Lipinski definition) is 0. The van der Waals surface area contributed by atoms with Crippen LogP contribution in [0.5, 0.6) is 0 Å². The molecule has 4 heteroatoms. The minimum absolute atomic E-state index is 0.00732. The van der Waals surface area contributed by atoms with Crippen molar-refractivity contribution in [3.05, 3.63) is 185 Å². The summed E-state index contributed by atoms with van der Waals surface area (Å²) in [6.45, 7) is 9.70. The van der Waals surface area contributed by atoms with Gasteiger partial charge in [0, 0.05) is 47.9 Å². The number of rotatable bonds is 7. The minimum atomic E-state index is -0.00732. The molecule has 0 atom stereocenters. The van der Waals surface area contributed by atoms with Crippen molar-refractivity contribution >= 4 is 125 Å². The van der Waals surface area contributed by atoms with E-state index >= 15 is 0 Å². The van der Waals surface area contributed by atoms with Crippen molar-refractivity contribution in [1.29, 1.82) is 0 Å². The molecule has 0 aliphatic heterocycles. The van der Waals surface area contributed by atoms with E-state index in [1.165, 1.54) is 124 Å². The molecule has 0 N–H and O–H groups in total. The predicted molar refractivity (Wildman–Crippen MR) is 281 cm³/mol. The first-order valence-electron chi connectivity index (χ1n) is 23.0. The Kier molecular flexibility index (Phi) is 8.48. The SMILES string of the molecule is CC(C)c1cc(N(c2ccccc2)c2cccc3c2sc2ccccc23)c2cc3c4c(cc(N(c5ccccc5)c5cccc6c7c(sc56)C=CCC7)c5ccc1c2c54)CCC3(C)C. The molecule has 0 saturated heterocycles. The molecule has 0 radical (unpaired) electrons. The maximum Gasteiger partial charge on any atom is 0.0640 e. The normalized spacial score (nSPS) is 14.5. The summed E-state index contributed by atoms with van der Waals surface area (Å²) in [6.07, 6.45) is 9.03. The largest absolute Gasteiger partial charge is 0.308 e. The van der Waals surface area contributed by atoms with Gasteiger partial charge >= 0.3 is 0 Å². The minimum Gasteiger partial charge on any atom is -0.308 e. The summed E-state index contributed by atoms with van der Waals surface area (Å²) in [5.41, 5.74) is 13.1. The Morgan fingerprint density at radius 2 is 1.16 bits per heavy atom. The molecule has 2 aliphatic rings. The molecule has 11 aromatic rings. The standard InChI is InChI=1S/C60H48N2S2/c1-36(2)46-35-52(62(39-19-9-6-10-20-39)50-26-16-24-44-41-22-12-14-28-54(41)64-59(44)50)47-34-48-55-37(31-32-60(48,3)4)33-51(45-30-29-42(46)56(47)57(45)55)61(38-17-7-5-8-18-38)49-25-15-23-43-40-21-11-13-27-53(40)63-58(43)49/h5-10,12-20,22-30,33-36H,11,21,31-32H2,1-4H3. The number of hydrogen-bond acceptors (Lipinski definition) is 4. The van der Waals surface area contributed by atoms with Crippen LogP contribution < -0.4 is 9.80 Å². The first-order valence-corrected chi connectivity index (χ1v) is 24.6. The van der Waals surface area contributed by atoms with Gasteiger partial charge in [-0.3, -0.25) is 0 Å². The number of fused-ring (bicyclic) bond motifs is 6.